The number of hydrogen-bond donors (Lipinski definition) is 2. The van der Waals surface area contributed by atoms with Crippen LogP contribution in [0.5, 0.6) is 5.75 Å². The molecule has 2 aliphatic carbocycles. The summed E-state index contributed by atoms with van der Waals surface area (Å²) < 4.78 is 5.95. The Morgan fingerprint density at radius 2 is 1.97 bits per heavy atom. The highest BCUT2D eigenvalue weighted by molar-refractivity contribution is 6.42. The fraction of sp³-hybridized carbons (Fsp3) is 0.517. The van der Waals surface area contributed by atoms with Gasteiger partial charge in [-0.2, -0.15) is 0 Å². The lowest BCUT2D eigenvalue weighted by molar-refractivity contribution is -0.157. The second-order valence-corrected chi connectivity index (χ2v) is 11.9. The second-order valence-electron chi connectivity index (χ2n) is 11.0. The molecule has 0 radical (unpaired) electrons. The van der Waals surface area contributed by atoms with Crippen molar-refractivity contribution in [2.24, 2.45) is 11.8 Å². The summed E-state index contributed by atoms with van der Waals surface area (Å²) >= 11 is 12.2. The molecule has 0 bridgehead atoms. The number of hydrogen-bond acceptors (Lipinski definition) is 5. The Kier molecular flexibility index (Phi) is 7.71. The van der Waals surface area contributed by atoms with Crippen molar-refractivity contribution in [3.63, 3.8) is 0 Å². The van der Waals surface area contributed by atoms with Gasteiger partial charge >= 0.3 is 5.97 Å². The molecule has 1 aliphatic heterocycles. The number of likely N-dealkylation sites (tertiary alicyclic amines) is 1. The zero-order valence-corrected chi connectivity index (χ0v) is 22.6. The van der Waals surface area contributed by atoms with E-state index in [1.54, 1.807) is 24.3 Å². The number of ether oxygens (including phenoxy) is 1. The van der Waals surface area contributed by atoms with Crippen molar-refractivity contribution in [1.82, 2.24) is 10.2 Å². The summed E-state index contributed by atoms with van der Waals surface area (Å²) in [5.41, 5.74) is 1.51. The number of aromatic hydroxyl groups is 1. The minimum absolute atomic E-state index is 0.0777. The predicted molar refractivity (Wildman–Crippen MR) is 144 cm³/mol. The molecule has 198 valence electrons. The predicted octanol–water partition coefficient (Wildman–Crippen LogP) is 5.12. The van der Waals surface area contributed by atoms with E-state index in [2.05, 4.69) is 16.3 Å². The highest BCUT2D eigenvalue weighted by Gasteiger charge is 2.54. The number of esters is 1. The van der Waals surface area contributed by atoms with Gasteiger partial charge in [0.2, 0.25) is 5.91 Å². The minimum Gasteiger partial charge on any atom is -0.508 e. The van der Waals surface area contributed by atoms with Gasteiger partial charge in [-0.15, -0.1) is 0 Å². The van der Waals surface area contributed by atoms with Crippen LogP contribution in [0.2, 0.25) is 10.0 Å². The van der Waals surface area contributed by atoms with Gasteiger partial charge in [-0.25, -0.2) is 0 Å². The monoisotopic (exact) mass is 544 g/mol. The molecule has 2 aromatic carbocycles. The number of carbonyl (C=O) groups excluding carboxylic acids is 2. The number of rotatable bonds is 7. The molecule has 8 heteroatoms. The Hall–Kier alpha value is -2.28. The summed E-state index contributed by atoms with van der Waals surface area (Å²) in [6.45, 7) is 4.32. The van der Waals surface area contributed by atoms with Crippen LogP contribution in [0.3, 0.4) is 0 Å². The first-order valence-corrected chi connectivity index (χ1v) is 13.9. The lowest BCUT2D eigenvalue weighted by atomic mass is 9.57. The van der Waals surface area contributed by atoms with Crippen LogP contribution in [0.15, 0.2) is 42.5 Å². The fourth-order valence-electron chi connectivity index (χ4n) is 6.47. The largest absolute Gasteiger partial charge is 0.508 e. The molecule has 6 nitrogen and oxygen atoms in total. The highest BCUT2D eigenvalue weighted by atomic mass is 35.5. The zero-order valence-electron chi connectivity index (χ0n) is 21.1. The molecule has 5 rings (SSSR count). The third kappa shape index (κ3) is 6.08. The Morgan fingerprint density at radius 3 is 2.68 bits per heavy atom. The molecule has 1 heterocycles. The van der Waals surface area contributed by atoms with E-state index < -0.39 is 0 Å². The van der Waals surface area contributed by atoms with Gasteiger partial charge in [-0.05, 0) is 73.5 Å². The number of benzene rings is 2. The lowest BCUT2D eigenvalue weighted by Gasteiger charge is -2.55. The van der Waals surface area contributed by atoms with Gasteiger partial charge in [0.1, 0.15) is 11.9 Å². The third-order valence-electron chi connectivity index (χ3n) is 8.28. The SMILES string of the molecule is CC(=O)OC1C[C@@H](NC(=O)Cc2ccc(Cl)c(Cl)c2)CC2(c3cccc(O)c3)CCN(CC3CC3)CC12. The van der Waals surface area contributed by atoms with Crippen molar-refractivity contribution in [2.75, 3.05) is 19.6 Å². The third-order valence-corrected chi connectivity index (χ3v) is 9.02. The van der Waals surface area contributed by atoms with Gasteiger partial charge in [0, 0.05) is 43.8 Å². The average molecular weight is 546 g/mol. The topological polar surface area (TPSA) is 78.9 Å². The van der Waals surface area contributed by atoms with Gasteiger partial charge in [0.25, 0.3) is 0 Å². The number of fused-ring (bicyclic) bond motifs is 1. The molecule has 3 unspecified atom stereocenters. The van der Waals surface area contributed by atoms with E-state index in [-0.39, 0.29) is 47.5 Å². The van der Waals surface area contributed by atoms with Crippen LogP contribution in [0, 0.1) is 11.8 Å². The molecular formula is C29H34Cl2N2O4. The molecule has 2 aromatic rings. The van der Waals surface area contributed by atoms with E-state index in [9.17, 15) is 14.7 Å². The highest BCUT2D eigenvalue weighted by Crippen LogP contribution is 2.51. The number of phenolic OH excluding ortho intramolecular Hbond substituents is 1. The Morgan fingerprint density at radius 1 is 1.16 bits per heavy atom. The Bertz CT molecular complexity index is 1170. The molecule has 0 aromatic heterocycles. The van der Waals surface area contributed by atoms with Crippen LogP contribution in [-0.4, -0.2) is 53.7 Å². The molecule has 2 saturated carbocycles. The molecule has 4 atom stereocenters. The number of carbonyl (C=O) groups is 2. The van der Waals surface area contributed by atoms with E-state index in [1.165, 1.54) is 19.8 Å². The summed E-state index contributed by atoms with van der Waals surface area (Å²) in [5.74, 6) is 0.657. The van der Waals surface area contributed by atoms with Crippen LogP contribution >= 0.6 is 23.2 Å². The fourth-order valence-corrected chi connectivity index (χ4v) is 6.79. The number of nitrogens with zero attached hydrogens (tertiary/aromatic N) is 1. The summed E-state index contributed by atoms with van der Waals surface area (Å²) in [7, 11) is 0. The van der Waals surface area contributed by atoms with Crippen LogP contribution < -0.4 is 5.32 Å². The normalized spacial score (nSPS) is 27.8. The molecule has 37 heavy (non-hydrogen) atoms. The summed E-state index contributed by atoms with van der Waals surface area (Å²) in [4.78, 5) is 27.8. The lowest BCUT2D eigenvalue weighted by Crippen LogP contribution is -2.61. The first-order valence-electron chi connectivity index (χ1n) is 13.1. The van der Waals surface area contributed by atoms with E-state index >= 15 is 0 Å². The van der Waals surface area contributed by atoms with Crippen LogP contribution in [0.4, 0.5) is 0 Å². The van der Waals surface area contributed by atoms with E-state index in [0.717, 1.165) is 49.5 Å². The number of phenols is 1. The van der Waals surface area contributed by atoms with Crippen LogP contribution in [0.25, 0.3) is 0 Å². The number of piperidine rings is 1. The first-order chi connectivity index (χ1) is 17.7. The molecule has 2 N–H and O–H groups in total. The van der Waals surface area contributed by atoms with Crippen molar-refractivity contribution < 1.29 is 19.4 Å². The Balaban J connectivity index is 1.41. The van der Waals surface area contributed by atoms with Crippen LogP contribution in [-0.2, 0) is 26.2 Å². The molecular weight excluding hydrogens is 511 g/mol. The van der Waals surface area contributed by atoms with Crippen molar-refractivity contribution in [3.8, 4) is 5.75 Å². The van der Waals surface area contributed by atoms with Crippen molar-refractivity contribution in [1.29, 1.82) is 0 Å². The van der Waals surface area contributed by atoms with Gasteiger partial charge < -0.3 is 20.1 Å². The van der Waals surface area contributed by atoms with Gasteiger partial charge in [0.05, 0.1) is 16.5 Å². The Labute approximate surface area is 228 Å². The molecule has 1 saturated heterocycles. The maximum Gasteiger partial charge on any atom is 0.302 e. The van der Waals surface area contributed by atoms with E-state index in [1.807, 2.05) is 12.1 Å². The molecule has 3 fully saturated rings. The standard InChI is InChI=1S/C29H34Cl2N2O4/c1-18(34)37-27-14-22(32-28(36)12-20-7-8-25(30)26(31)11-20)15-29(21-3-2-4-23(35)13-21)9-10-33(17-24(27)29)16-19-5-6-19/h2-4,7-8,11,13,19,22,24,27,35H,5-6,9-10,12,14-17H2,1H3,(H,32,36)/t22-,24?,27?,29?/m1/s1. The quantitative estimate of drug-likeness (QED) is 0.473. The zero-order chi connectivity index (χ0) is 26.2. The average Bonchev–Trinajstić information content (AvgIpc) is 3.65. The summed E-state index contributed by atoms with van der Waals surface area (Å²) in [6, 6.07) is 12.5. The number of halogens is 2. The van der Waals surface area contributed by atoms with Gasteiger partial charge in [-0.3, -0.25) is 9.59 Å². The van der Waals surface area contributed by atoms with Gasteiger partial charge in [-0.1, -0.05) is 41.4 Å². The van der Waals surface area contributed by atoms with Crippen LogP contribution in [0.1, 0.15) is 50.2 Å². The smallest absolute Gasteiger partial charge is 0.302 e. The molecule has 1 amide bonds. The van der Waals surface area contributed by atoms with Crippen molar-refractivity contribution in [2.45, 2.75) is 63.0 Å². The molecule has 3 aliphatic rings. The second kappa shape index (κ2) is 10.8. The van der Waals surface area contributed by atoms with Gasteiger partial charge in [0.15, 0.2) is 0 Å². The maximum atomic E-state index is 13.1. The number of amides is 1. The molecule has 0 spiro atoms. The van der Waals surface area contributed by atoms with E-state index in [0.29, 0.717) is 16.5 Å². The summed E-state index contributed by atoms with van der Waals surface area (Å²) in [6.07, 6.45) is 4.61. The minimum atomic E-state index is -0.328. The first kappa shape index (κ1) is 26.3. The van der Waals surface area contributed by atoms with E-state index in [4.69, 9.17) is 27.9 Å². The van der Waals surface area contributed by atoms with Crippen molar-refractivity contribution in [3.05, 3.63) is 63.6 Å². The maximum absolute atomic E-state index is 13.1. The summed E-state index contributed by atoms with van der Waals surface area (Å²) in [5, 5.41) is 14.4. The number of nitrogens with one attached hydrogen (secondary N) is 1. The van der Waals surface area contributed by atoms with Crippen molar-refractivity contribution >= 4 is 35.1 Å².